The van der Waals surface area contributed by atoms with Gasteiger partial charge in [-0.2, -0.15) is 0 Å². The predicted octanol–water partition coefficient (Wildman–Crippen LogP) is 1.51. The fourth-order valence-corrected chi connectivity index (χ4v) is 1.29. The number of rotatable bonds is 1. The summed E-state index contributed by atoms with van der Waals surface area (Å²) < 4.78 is 0. The molecule has 4 N–H and O–H groups in total. The van der Waals surface area contributed by atoms with E-state index in [0.717, 1.165) is 18.0 Å². The number of nitrogens with one attached hydrogen (secondary N) is 2. The molecule has 0 aliphatic heterocycles. The molecule has 1 unspecified atom stereocenters. The summed E-state index contributed by atoms with van der Waals surface area (Å²) in [4.78, 5) is 15.6. The number of hydrogen-bond acceptors (Lipinski definition) is 5. The van der Waals surface area contributed by atoms with E-state index in [0.29, 0.717) is 5.82 Å². The minimum absolute atomic E-state index is 0.481. The minimum atomic E-state index is -0.833. The molecule has 0 bridgehead atoms. The Morgan fingerprint density at radius 2 is 2.00 bits per heavy atom. The van der Waals surface area contributed by atoms with Crippen LogP contribution in [0.15, 0.2) is 36.7 Å². The number of aromatic nitrogens is 5. The van der Waals surface area contributed by atoms with Crippen molar-refractivity contribution in [2.75, 3.05) is 0 Å². The lowest BCUT2D eigenvalue weighted by molar-refractivity contribution is -0.134. The van der Waals surface area contributed by atoms with E-state index >= 15 is 0 Å². The molecule has 112 valence electrons. The minimum Gasteiger partial charge on any atom is -0.481 e. The van der Waals surface area contributed by atoms with Crippen molar-refractivity contribution in [1.29, 1.82) is 0 Å². The van der Waals surface area contributed by atoms with Crippen molar-refractivity contribution < 1.29 is 15.0 Å². The van der Waals surface area contributed by atoms with Crippen LogP contribution in [0.2, 0.25) is 0 Å². The fourth-order valence-electron chi connectivity index (χ4n) is 1.29. The van der Waals surface area contributed by atoms with Crippen LogP contribution in [0.4, 0.5) is 0 Å². The standard InChI is InChI=1S/C6H5N3.C5H8N2O.C2H4O2/c1-2-4-6-5(3-1)7-9-8-6;1-4(8)5-6-2-3-7-5;1-2(3)4/h1-4H,(H,7,8,9);2-4,8H,1H3,(H,6,7);1H3,(H,3,4). The Labute approximate surface area is 120 Å². The first-order valence-electron chi connectivity index (χ1n) is 6.13. The summed E-state index contributed by atoms with van der Waals surface area (Å²) in [6.07, 6.45) is 2.81. The summed E-state index contributed by atoms with van der Waals surface area (Å²) in [6.45, 7) is 2.75. The van der Waals surface area contributed by atoms with Crippen molar-refractivity contribution in [3.63, 3.8) is 0 Å². The van der Waals surface area contributed by atoms with Crippen molar-refractivity contribution in [2.24, 2.45) is 0 Å². The normalized spacial score (nSPS) is 10.8. The van der Waals surface area contributed by atoms with Gasteiger partial charge in [-0.15, -0.1) is 5.10 Å². The van der Waals surface area contributed by atoms with Crippen LogP contribution in [-0.4, -0.2) is 41.6 Å². The van der Waals surface area contributed by atoms with Gasteiger partial charge in [0.05, 0.1) is 5.52 Å². The Bertz CT molecular complexity index is 614. The first-order chi connectivity index (χ1) is 10.0. The van der Waals surface area contributed by atoms with Gasteiger partial charge < -0.3 is 15.2 Å². The molecule has 0 saturated heterocycles. The molecule has 0 fully saturated rings. The molecule has 0 aliphatic carbocycles. The molecule has 8 heteroatoms. The number of hydrogen-bond donors (Lipinski definition) is 4. The van der Waals surface area contributed by atoms with E-state index in [9.17, 15) is 0 Å². The molecule has 0 radical (unpaired) electrons. The molecule has 0 spiro atoms. The van der Waals surface area contributed by atoms with Crippen molar-refractivity contribution in [2.45, 2.75) is 20.0 Å². The SMILES string of the molecule is CC(=O)O.CC(O)c1ncc[nH]1.c1ccc2[nH]nnc2c1. The number of para-hydroxylation sites is 1. The Kier molecular flexibility index (Phi) is 6.55. The second kappa shape index (κ2) is 8.43. The first-order valence-corrected chi connectivity index (χ1v) is 6.13. The van der Waals surface area contributed by atoms with Crippen LogP contribution in [0.1, 0.15) is 25.8 Å². The van der Waals surface area contributed by atoms with Crippen molar-refractivity contribution in [3.8, 4) is 0 Å². The molecule has 0 aliphatic rings. The number of carboxylic acid groups (broad SMARTS) is 1. The number of aromatic amines is 2. The molecule has 1 atom stereocenters. The Balaban J connectivity index is 0.000000171. The number of aliphatic hydroxyl groups is 1. The third-order valence-corrected chi connectivity index (χ3v) is 2.15. The summed E-state index contributed by atoms with van der Waals surface area (Å²) in [5, 5.41) is 26.4. The average Bonchev–Trinajstić information content (AvgIpc) is 3.10. The lowest BCUT2D eigenvalue weighted by Gasteiger charge is -1.94. The molecule has 21 heavy (non-hydrogen) atoms. The molecule has 3 aromatic rings. The topological polar surface area (TPSA) is 128 Å². The molecule has 2 aromatic heterocycles. The summed E-state index contributed by atoms with van der Waals surface area (Å²) in [5.41, 5.74) is 1.90. The second-order valence-corrected chi connectivity index (χ2v) is 4.00. The van der Waals surface area contributed by atoms with E-state index < -0.39 is 12.1 Å². The first kappa shape index (κ1) is 16.3. The molecule has 3 rings (SSSR count). The highest BCUT2D eigenvalue weighted by atomic mass is 16.4. The van der Waals surface area contributed by atoms with Crippen LogP contribution in [0.3, 0.4) is 0 Å². The molecule has 1 aromatic carbocycles. The zero-order valence-electron chi connectivity index (χ0n) is 11.7. The molecule has 2 heterocycles. The molecule has 0 saturated carbocycles. The molecule has 0 amide bonds. The van der Waals surface area contributed by atoms with E-state index in [4.69, 9.17) is 15.0 Å². The monoisotopic (exact) mass is 291 g/mol. The van der Waals surface area contributed by atoms with Gasteiger partial charge in [-0.05, 0) is 19.1 Å². The number of carbonyl (C=O) groups is 1. The molecule has 8 nitrogen and oxygen atoms in total. The predicted molar refractivity (Wildman–Crippen MR) is 76.4 cm³/mol. The maximum Gasteiger partial charge on any atom is 0.300 e. The van der Waals surface area contributed by atoms with Crippen molar-refractivity contribution >= 4 is 17.0 Å². The van der Waals surface area contributed by atoms with Gasteiger partial charge in [0, 0.05) is 19.3 Å². The summed E-state index contributed by atoms with van der Waals surface area (Å²) in [5.74, 6) is -0.218. The summed E-state index contributed by atoms with van der Waals surface area (Å²) >= 11 is 0. The van der Waals surface area contributed by atoms with E-state index in [2.05, 4.69) is 25.4 Å². The average molecular weight is 291 g/mol. The number of carboxylic acids is 1. The number of fused-ring (bicyclic) bond motifs is 1. The molecular formula is C13H17N5O3. The van der Waals surface area contributed by atoms with Gasteiger partial charge in [0.2, 0.25) is 0 Å². The summed E-state index contributed by atoms with van der Waals surface area (Å²) in [7, 11) is 0. The van der Waals surface area contributed by atoms with Crippen molar-refractivity contribution in [3.05, 3.63) is 42.5 Å². The van der Waals surface area contributed by atoms with E-state index in [1.54, 1.807) is 19.3 Å². The van der Waals surface area contributed by atoms with Crippen LogP contribution < -0.4 is 0 Å². The lowest BCUT2D eigenvalue weighted by Crippen LogP contribution is -1.91. The highest BCUT2D eigenvalue weighted by Crippen LogP contribution is 2.03. The van der Waals surface area contributed by atoms with Gasteiger partial charge in [0.1, 0.15) is 17.4 Å². The van der Waals surface area contributed by atoms with Crippen molar-refractivity contribution in [1.82, 2.24) is 25.4 Å². The number of imidazole rings is 1. The number of aliphatic hydroxyl groups excluding tert-OH is 1. The quantitative estimate of drug-likeness (QED) is 0.538. The number of nitrogens with zero attached hydrogens (tertiary/aromatic N) is 3. The van der Waals surface area contributed by atoms with E-state index in [1.165, 1.54) is 0 Å². The van der Waals surface area contributed by atoms with Gasteiger partial charge in [-0.3, -0.25) is 9.89 Å². The van der Waals surface area contributed by atoms with Crippen LogP contribution in [0.5, 0.6) is 0 Å². The fraction of sp³-hybridized carbons (Fsp3) is 0.231. The Hall–Kier alpha value is -2.74. The number of benzene rings is 1. The number of H-pyrrole nitrogens is 2. The van der Waals surface area contributed by atoms with Gasteiger partial charge in [0.15, 0.2) is 0 Å². The largest absolute Gasteiger partial charge is 0.481 e. The number of aliphatic carboxylic acids is 1. The Morgan fingerprint density at radius 3 is 2.48 bits per heavy atom. The zero-order valence-corrected chi connectivity index (χ0v) is 11.7. The highest BCUT2D eigenvalue weighted by molar-refractivity contribution is 5.72. The van der Waals surface area contributed by atoms with Crippen LogP contribution in [-0.2, 0) is 4.79 Å². The van der Waals surface area contributed by atoms with Crippen LogP contribution in [0, 0.1) is 0 Å². The maximum absolute atomic E-state index is 9.00. The smallest absolute Gasteiger partial charge is 0.300 e. The second-order valence-electron chi connectivity index (χ2n) is 4.00. The van der Waals surface area contributed by atoms with Gasteiger partial charge >= 0.3 is 0 Å². The van der Waals surface area contributed by atoms with Crippen LogP contribution >= 0.6 is 0 Å². The maximum atomic E-state index is 9.00. The van der Waals surface area contributed by atoms with Gasteiger partial charge in [0.25, 0.3) is 5.97 Å². The molecular weight excluding hydrogens is 274 g/mol. The summed E-state index contributed by atoms with van der Waals surface area (Å²) in [6, 6.07) is 7.74. The van der Waals surface area contributed by atoms with E-state index in [-0.39, 0.29) is 0 Å². The van der Waals surface area contributed by atoms with E-state index in [1.807, 2.05) is 24.3 Å². The van der Waals surface area contributed by atoms with Crippen LogP contribution in [0.25, 0.3) is 11.0 Å². The zero-order chi connectivity index (χ0) is 15.7. The lowest BCUT2D eigenvalue weighted by atomic mass is 10.3. The highest BCUT2D eigenvalue weighted by Gasteiger charge is 1.98. The third kappa shape index (κ3) is 6.30. The Morgan fingerprint density at radius 1 is 1.33 bits per heavy atom. The third-order valence-electron chi connectivity index (χ3n) is 2.15. The van der Waals surface area contributed by atoms with Gasteiger partial charge in [-0.25, -0.2) is 4.98 Å². The van der Waals surface area contributed by atoms with Gasteiger partial charge in [-0.1, -0.05) is 17.3 Å².